The smallest absolute Gasteiger partial charge is 0.221 e. The van der Waals surface area contributed by atoms with Gasteiger partial charge in [0.1, 0.15) is 23.6 Å². The maximum atomic E-state index is 12.1. The Kier molecular flexibility index (Phi) is 7.75. The number of nitrogens with two attached hydrogens (primary N) is 1. The third-order valence-electron chi connectivity index (χ3n) is 8.34. The summed E-state index contributed by atoms with van der Waals surface area (Å²) in [7, 11) is 0. The van der Waals surface area contributed by atoms with Crippen molar-refractivity contribution in [2.45, 2.75) is 51.6 Å². The second-order valence-corrected chi connectivity index (χ2v) is 11.1. The fraction of sp³-hybridized carbons (Fsp3) is 0.387. The fourth-order valence-electron chi connectivity index (χ4n) is 6.19. The Hall–Kier alpha value is -4.51. The van der Waals surface area contributed by atoms with Gasteiger partial charge in [-0.15, -0.1) is 0 Å². The average Bonchev–Trinajstić information content (AvgIpc) is 3.39. The number of hydrogen-bond acceptors (Lipinski definition) is 8. The highest BCUT2D eigenvalue weighted by molar-refractivity contribution is 5.99. The van der Waals surface area contributed by atoms with E-state index in [-0.39, 0.29) is 17.9 Å². The number of aromatic nitrogens is 4. The van der Waals surface area contributed by atoms with Crippen molar-refractivity contribution < 1.29 is 14.3 Å². The number of nitrogens with zero attached hydrogens (tertiary/aromatic N) is 6. The molecule has 1 aliphatic carbocycles. The molecule has 2 aromatic carbocycles. The Balaban J connectivity index is 1.27. The lowest BCUT2D eigenvalue weighted by Crippen LogP contribution is -2.52. The number of hydrogen-bond donors (Lipinski definition) is 2. The molecule has 0 bridgehead atoms. The Labute approximate surface area is 244 Å². The first kappa shape index (κ1) is 27.6. The second-order valence-electron chi connectivity index (χ2n) is 11.1. The highest BCUT2D eigenvalue weighted by Gasteiger charge is 2.31. The van der Waals surface area contributed by atoms with Crippen LogP contribution in [0.25, 0.3) is 22.3 Å². The van der Waals surface area contributed by atoms with Crippen LogP contribution in [0.15, 0.2) is 54.9 Å². The van der Waals surface area contributed by atoms with Gasteiger partial charge in [-0.2, -0.15) is 5.10 Å². The highest BCUT2D eigenvalue weighted by atomic mass is 16.5. The third kappa shape index (κ3) is 5.64. The molecule has 3 heterocycles. The molecule has 1 saturated heterocycles. The van der Waals surface area contributed by atoms with Crippen molar-refractivity contribution in [1.82, 2.24) is 29.5 Å². The summed E-state index contributed by atoms with van der Waals surface area (Å²) in [6.07, 6.45) is 5.54. The van der Waals surface area contributed by atoms with E-state index in [4.69, 9.17) is 15.6 Å². The largest absolute Gasteiger partial charge is 0.455 e. The van der Waals surface area contributed by atoms with Gasteiger partial charge in [-0.1, -0.05) is 18.2 Å². The number of nitrogen functional groups attached to an aromatic ring is 1. The number of anilines is 2. The van der Waals surface area contributed by atoms with Crippen molar-refractivity contribution in [3.8, 4) is 22.8 Å². The van der Waals surface area contributed by atoms with E-state index in [0.29, 0.717) is 45.8 Å². The molecule has 2 amide bonds. The van der Waals surface area contributed by atoms with Crippen molar-refractivity contribution in [3.05, 3.63) is 54.9 Å². The first-order valence-corrected chi connectivity index (χ1v) is 14.5. The summed E-state index contributed by atoms with van der Waals surface area (Å²) < 4.78 is 8.09. The van der Waals surface area contributed by atoms with E-state index < -0.39 is 0 Å². The highest BCUT2D eigenvalue weighted by Crippen LogP contribution is 2.39. The van der Waals surface area contributed by atoms with E-state index >= 15 is 0 Å². The summed E-state index contributed by atoms with van der Waals surface area (Å²) in [6, 6.07) is 15.7. The SMILES string of the molecule is CC(=O)Nc1cc(-c2nn(C3CCC(N4CCN(C(C)=O)CC4)CC3)c3ncnc(N)c23)ccc1Oc1ccccc1. The van der Waals surface area contributed by atoms with Crippen molar-refractivity contribution >= 4 is 34.4 Å². The molecule has 11 heteroatoms. The van der Waals surface area contributed by atoms with Gasteiger partial charge in [0.25, 0.3) is 0 Å². The normalized spacial score (nSPS) is 19.5. The molecule has 218 valence electrons. The molecule has 42 heavy (non-hydrogen) atoms. The molecule has 0 radical (unpaired) electrons. The number of nitrogens with one attached hydrogen (secondary N) is 1. The van der Waals surface area contributed by atoms with Crippen LogP contribution in [0.5, 0.6) is 11.5 Å². The molecule has 2 fully saturated rings. The quantitative estimate of drug-likeness (QED) is 0.348. The molecule has 0 atom stereocenters. The van der Waals surface area contributed by atoms with E-state index in [9.17, 15) is 9.59 Å². The molecule has 4 aromatic rings. The van der Waals surface area contributed by atoms with Crippen molar-refractivity contribution in [3.63, 3.8) is 0 Å². The minimum atomic E-state index is -0.206. The molecule has 2 aromatic heterocycles. The van der Waals surface area contributed by atoms with E-state index in [1.807, 2.05) is 58.1 Å². The predicted octanol–water partition coefficient (Wildman–Crippen LogP) is 4.47. The van der Waals surface area contributed by atoms with Gasteiger partial charge < -0.3 is 20.7 Å². The molecule has 0 unspecified atom stereocenters. The number of para-hydroxylation sites is 1. The number of piperazine rings is 1. The zero-order valence-electron chi connectivity index (χ0n) is 24.0. The van der Waals surface area contributed by atoms with Gasteiger partial charge in [0.05, 0.1) is 17.1 Å². The Bertz CT molecular complexity index is 1590. The number of rotatable bonds is 6. The lowest BCUT2D eigenvalue weighted by Gasteiger charge is -2.41. The van der Waals surface area contributed by atoms with Gasteiger partial charge >= 0.3 is 0 Å². The van der Waals surface area contributed by atoms with E-state index in [1.54, 1.807) is 6.92 Å². The Morgan fingerprint density at radius 3 is 2.33 bits per heavy atom. The number of carbonyl (C=O) groups excluding carboxylic acids is 2. The standard InChI is InChI=1S/C31H36N8O3/c1-20(40)35-26-18-22(8-13-27(26)42-25-6-4-3-5-7-25)29-28-30(32)33-19-34-31(28)39(36-29)24-11-9-23(10-12-24)38-16-14-37(15-17-38)21(2)41/h3-8,13,18-19,23-24H,9-12,14-17H2,1-2H3,(H,35,40)(H2,32,33,34). The van der Waals surface area contributed by atoms with Crippen molar-refractivity contribution in [2.24, 2.45) is 0 Å². The van der Waals surface area contributed by atoms with Crippen LogP contribution in [0, 0.1) is 0 Å². The molecular formula is C31H36N8O3. The van der Waals surface area contributed by atoms with Crippen molar-refractivity contribution in [2.75, 3.05) is 37.2 Å². The first-order valence-electron chi connectivity index (χ1n) is 14.5. The van der Waals surface area contributed by atoms with Crippen LogP contribution < -0.4 is 15.8 Å². The zero-order valence-corrected chi connectivity index (χ0v) is 24.0. The summed E-state index contributed by atoms with van der Waals surface area (Å²) in [5.41, 5.74) is 9.10. The van der Waals surface area contributed by atoms with Crippen LogP contribution in [-0.2, 0) is 9.59 Å². The van der Waals surface area contributed by atoms with Crippen LogP contribution in [0.2, 0.25) is 0 Å². The topological polar surface area (TPSA) is 132 Å². The number of benzene rings is 2. The minimum absolute atomic E-state index is 0.156. The van der Waals surface area contributed by atoms with E-state index in [2.05, 4.69) is 20.2 Å². The zero-order chi connectivity index (χ0) is 29.2. The average molecular weight is 569 g/mol. The van der Waals surface area contributed by atoms with Gasteiger partial charge in [-0.25, -0.2) is 14.6 Å². The minimum Gasteiger partial charge on any atom is -0.455 e. The van der Waals surface area contributed by atoms with Crippen molar-refractivity contribution in [1.29, 1.82) is 0 Å². The Morgan fingerprint density at radius 1 is 0.929 bits per heavy atom. The number of fused-ring (bicyclic) bond motifs is 1. The van der Waals surface area contributed by atoms with E-state index in [0.717, 1.165) is 57.4 Å². The maximum Gasteiger partial charge on any atom is 0.221 e. The molecule has 6 rings (SSSR count). The molecule has 11 nitrogen and oxygen atoms in total. The molecule has 1 saturated carbocycles. The molecule has 3 N–H and O–H groups in total. The van der Waals surface area contributed by atoms with Crippen LogP contribution in [0.4, 0.5) is 11.5 Å². The van der Waals surface area contributed by atoms with Crippen LogP contribution >= 0.6 is 0 Å². The summed E-state index contributed by atoms with van der Waals surface area (Å²) in [6.45, 7) is 6.56. The molecular weight excluding hydrogens is 532 g/mol. The monoisotopic (exact) mass is 568 g/mol. The number of amides is 2. The number of carbonyl (C=O) groups is 2. The van der Waals surface area contributed by atoms with Gasteiger partial charge in [0.15, 0.2) is 11.4 Å². The summed E-state index contributed by atoms with van der Waals surface area (Å²) >= 11 is 0. The number of ether oxygens (including phenoxy) is 1. The Morgan fingerprint density at radius 2 is 1.64 bits per heavy atom. The predicted molar refractivity (Wildman–Crippen MR) is 161 cm³/mol. The maximum absolute atomic E-state index is 12.1. The van der Waals surface area contributed by atoms with Gasteiger partial charge in [0, 0.05) is 51.6 Å². The second kappa shape index (κ2) is 11.8. The van der Waals surface area contributed by atoms with Gasteiger partial charge in [0.2, 0.25) is 11.8 Å². The summed E-state index contributed by atoms with van der Waals surface area (Å²) in [5.74, 6) is 1.51. The fourth-order valence-corrected chi connectivity index (χ4v) is 6.19. The molecule has 0 spiro atoms. The van der Waals surface area contributed by atoms with Gasteiger partial charge in [-0.05, 0) is 56.0 Å². The van der Waals surface area contributed by atoms with E-state index in [1.165, 1.54) is 13.3 Å². The molecule has 1 aliphatic heterocycles. The van der Waals surface area contributed by atoms with Gasteiger partial charge in [-0.3, -0.25) is 14.5 Å². The molecule has 2 aliphatic rings. The third-order valence-corrected chi connectivity index (χ3v) is 8.34. The van der Waals surface area contributed by atoms with Crippen LogP contribution in [0.3, 0.4) is 0 Å². The van der Waals surface area contributed by atoms with Crippen LogP contribution in [-0.4, -0.2) is 73.6 Å². The summed E-state index contributed by atoms with van der Waals surface area (Å²) in [5, 5.41) is 8.66. The van der Waals surface area contributed by atoms with Crippen LogP contribution in [0.1, 0.15) is 45.6 Å². The lowest BCUT2D eigenvalue weighted by atomic mass is 9.90. The first-order chi connectivity index (χ1) is 20.4. The summed E-state index contributed by atoms with van der Waals surface area (Å²) in [4.78, 5) is 37.2. The lowest BCUT2D eigenvalue weighted by molar-refractivity contribution is -0.131.